The van der Waals surface area contributed by atoms with E-state index in [1.54, 1.807) is 0 Å². The first-order valence-corrected chi connectivity index (χ1v) is 5.51. The molecule has 5 heteroatoms. The first-order chi connectivity index (χ1) is 8.09. The van der Waals surface area contributed by atoms with Gasteiger partial charge in [-0.05, 0) is 19.2 Å². The highest BCUT2D eigenvalue weighted by Crippen LogP contribution is 2.26. The third-order valence-corrected chi connectivity index (χ3v) is 2.94. The predicted octanol–water partition coefficient (Wildman–Crippen LogP) is 1.33. The second-order valence-electron chi connectivity index (χ2n) is 4.25. The van der Waals surface area contributed by atoms with Crippen molar-refractivity contribution >= 4 is 0 Å². The van der Waals surface area contributed by atoms with Crippen molar-refractivity contribution in [3.8, 4) is 0 Å². The molecule has 0 saturated carbocycles. The Morgan fingerprint density at radius 2 is 2.06 bits per heavy atom. The van der Waals surface area contributed by atoms with E-state index in [0.717, 1.165) is 18.7 Å². The van der Waals surface area contributed by atoms with E-state index < -0.39 is 23.8 Å². The molecule has 2 unspecified atom stereocenters. The zero-order valence-electron chi connectivity index (χ0n) is 9.57. The minimum atomic E-state index is -1.28. The highest BCUT2D eigenvalue weighted by molar-refractivity contribution is 5.23. The van der Waals surface area contributed by atoms with E-state index in [1.807, 2.05) is 11.9 Å². The molecule has 3 nitrogen and oxygen atoms in total. The summed E-state index contributed by atoms with van der Waals surface area (Å²) < 4.78 is 32.3. The summed E-state index contributed by atoms with van der Waals surface area (Å²) in [6.45, 7) is 1.66. The van der Waals surface area contributed by atoms with Crippen molar-refractivity contribution in [1.29, 1.82) is 0 Å². The summed E-state index contributed by atoms with van der Waals surface area (Å²) in [5.41, 5.74) is -0.312. The molecule has 1 fully saturated rings. The van der Waals surface area contributed by atoms with Gasteiger partial charge in [-0.15, -0.1) is 0 Å². The zero-order chi connectivity index (χ0) is 12.4. The average Bonchev–Trinajstić information content (AvgIpc) is 2.28. The Labute approximate surface area is 98.6 Å². The van der Waals surface area contributed by atoms with Crippen molar-refractivity contribution in [2.75, 3.05) is 26.7 Å². The van der Waals surface area contributed by atoms with Crippen molar-refractivity contribution < 1.29 is 18.6 Å². The molecule has 0 aromatic heterocycles. The van der Waals surface area contributed by atoms with Crippen LogP contribution in [0, 0.1) is 11.6 Å². The maximum Gasteiger partial charge on any atom is 0.132 e. The van der Waals surface area contributed by atoms with Gasteiger partial charge in [0, 0.05) is 13.1 Å². The monoisotopic (exact) mass is 243 g/mol. The summed E-state index contributed by atoms with van der Waals surface area (Å²) in [5.74, 6) is -1.48. The van der Waals surface area contributed by atoms with E-state index in [0.29, 0.717) is 13.2 Å². The van der Waals surface area contributed by atoms with Crippen LogP contribution in [0.4, 0.5) is 8.78 Å². The number of ether oxygens (including phenoxy) is 1. The minimum absolute atomic E-state index is 0.312. The number of aliphatic hydroxyl groups excluding tert-OH is 1. The van der Waals surface area contributed by atoms with E-state index in [-0.39, 0.29) is 5.56 Å². The third-order valence-electron chi connectivity index (χ3n) is 2.94. The SMILES string of the molecule is CN1CCOC(C(O)c2c(F)cccc2F)C1. The van der Waals surface area contributed by atoms with Crippen LogP contribution in [0.25, 0.3) is 0 Å². The Morgan fingerprint density at radius 1 is 1.41 bits per heavy atom. The van der Waals surface area contributed by atoms with E-state index in [1.165, 1.54) is 6.07 Å². The molecular weight excluding hydrogens is 228 g/mol. The van der Waals surface area contributed by atoms with Gasteiger partial charge in [0.15, 0.2) is 0 Å². The number of halogens is 2. The van der Waals surface area contributed by atoms with Crippen LogP contribution in [0.15, 0.2) is 18.2 Å². The zero-order valence-corrected chi connectivity index (χ0v) is 9.57. The number of aliphatic hydroxyl groups is 1. The van der Waals surface area contributed by atoms with Crippen LogP contribution in [-0.2, 0) is 4.74 Å². The summed E-state index contributed by atoms with van der Waals surface area (Å²) in [6.07, 6.45) is -1.88. The van der Waals surface area contributed by atoms with Crippen LogP contribution in [0.2, 0.25) is 0 Å². The van der Waals surface area contributed by atoms with Crippen molar-refractivity contribution in [2.45, 2.75) is 12.2 Å². The lowest BCUT2D eigenvalue weighted by molar-refractivity contribution is -0.0863. The molecule has 1 saturated heterocycles. The van der Waals surface area contributed by atoms with Crippen LogP contribution in [0.1, 0.15) is 11.7 Å². The second-order valence-corrected chi connectivity index (χ2v) is 4.25. The van der Waals surface area contributed by atoms with Crippen LogP contribution in [-0.4, -0.2) is 42.9 Å². The quantitative estimate of drug-likeness (QED) is 0.850. The number of rotatable bonds is 2. The summed E-state index contributed by atoms with van der Waals surface area (Å²) >= 11 is 0. The van der Waals surface area contributed by atoms with E-state index in [4.69, 9.17) is 4.74 Å². The van der Waals surface area contributed by atoms with Gasteiger partial charge in [-0.25, -0.2) is 8.78 Å². The molecule has 2 rings (SSSR count). The lowest BCUT2D eigenvalue weighted by atomic mass is 10.0. The molecule has 1 aromatic rings. The number of hydrogen-bond acceptors (Lipinski definition) is 3. The number of hydrogen-bond donors (Lipinski definition) is 1. The standard InChI is InChI=1S/C12H15F2NO2/c1-15-5-6-17-10(7-15)12(16)11-8(13)3-2-4-9(11)14/h2-4,10,12,16H,5-7H2,1H3. The molecule has 0 amide bonds. The van der Waals surface area contributed by atoms with Gasteiger partial charge in [0.25, 0.3) is 0 Å². The first-order valence-electron chi connectivity index (χ1n) is 5.51. The van der Waals surface area contributed by atoms with E-state index >= 15 is 0 Å². The lowest BCUT2D eigenvalue weighted by Crippen LogP contribution is -2.43. The van der Waals surface area contributed by atoms with Crippen LogP contribution in [0.5, 0.6) is 0 Å². The molecular formula is C12H15F2NO2. The van der Waals surface area contributed by atoms with Gasteiger partial charge in [0.2, 0.25) is 0 Å². The van der Waals surface area contributed by atoms with Gasteiger partial charge < -0.3 is 14.7 Å². The average molecular weight is 243 g/mol. The third kappa shape index (κ3) is 2.62. The topological polar surface area (TPSA) is 32.7 Å². The maximum absolute atomic E-state index is 13.5. The molecule has 0 aliphatic carbocycles. The summed E-state index contributed by atoms with van der Waals surface area (Å²) in [5, 5.41) is 9.99. The Hall–Kier alpha value is -1.04. The molecule has 1 aliphatic rings. The predicted molar refractivity (Wildman–Crippen MR) is 58.6 cm³/mol. The Morgan fingerprint density at radius 3 is 2.65 bits per heavy atom. The second kappa shape index (κ2) is 5.08. The molecule has 0 radical (unpaired) electrons. The number of likely N-dealkylation sites (N-methyl/N-ethyl adjacent to an activating group) is 1. The van der Waals surface area contributed by atoms with Gasteiger partial charge in [-0.2, -0.15) is 0 Å². The van der Waals surface area contributed by atoms with Crippen LogP contribution < -0.4 is 0 Å². The van der Waals surface area contributed by atoms with Gasteiger partial charge in [0.05, 0.1) is 12.2 Å². The molecule has 2 atom stereocenters. The normalized spacial score (nSPS) is 23.6. The van der Waals surface area contributed by atoms with Crippen molar-refractivity contribution in [3.05, 3.63) is 35.4 Å². The molecule has 0 spiro atoms. The van der Waals surface area contributed by atoms with Crippen LogP contribution >= 0.6 is 0 Å². The first kappa shape index (κ1) is 12.4. The highest BCUT2D eigenvalue weighted by atomic mass is 19.1. The molecule has 0 bridgehead atoms. The van der Waals surface area contributed by atoms with Crippen LogP contribution in [0.3, 0.4) is 0 Å². The minimum Gasteiger partial charge on any atom is -0.385 e. The summed E-state index contributed by atoms with van der Waals surface area (Å²) in [7, 11) is 1.87. The molecule has 94 valence electrons. The molecule has 1 N–H and O–H groups in total. The fraction of sp³-hybridized carbons (Fsp3) is 0.500. The van der Waals surface area contributed by atoms with E-state index in [9.17, 15) is 13.9 Å². The van der Waals surface area contributed by atoms with Gasteiger partial charge >= 0.3 is 0 Å². The fourth-order valence-corrected chi connectivity index (χ4v) is 1.98. The van der Waals surface area contributed by atoms with Crippen molar-refractivity contribution in [3.63, 3.8) is 0 Å². The van der Waals surface area contributed by atoms with Crippen molar-refractivity contribution in [1.82, 2.24) is 4.90 Å². The largest absolute Gasteiger partial charge is 0.385 e. The smallest absolute Gasteiger partial charge is 0.132 e. The lowest BCUT2D eigenvalue weighted by Gasteiger charge is -2.33. The highest BCUT2D eigenvalue weighted by Gasteiger charge is 2.30. The summed E-state index contributed by atoms with van der Waals surface area (Å²) in [4.78, 5) is 1.95. The summed E-state index contributed by atoms with van der Waals surface area (Å²) in [6, 6.07) is 3.54. The van der Waals surface area contributed by atoms with Gasteiger partial charge in [-0.3, -0.25) is 0 Å². The number of nitrogens with zero attached hydrogens (tertiary/aromatic N) is 1. The molecule has 17 heavy (non-hydrogen) atoms. The van der Waals surface area contributed by atoms with Crippen molar-refractivity contribution in [2.24, 2.45) is 0 Å². The molecule has 1 heterocycles. The molecule has 1 aliphatic heterocycles. The Bertz CT molecular complexity index is 380. The number of benzene rings is 1. The van der Waals surface area contributed by atoms with Gasteiger partial charge in [-0.1, -0.05) is 6.07 Å². The molecule has 1 aromatic carbocycles. The fourth-order valence-electron chi connectivity index (χ4n) is 1.98. The number of morpholine rings is 1. The van der Waals surface area contributed by atoms with Gasteiger partial charge in [0.1, 0.15) is 23.8 Å². The Balaban J connectivity index is 2.21. The van der Waals surface area contributed by atoms with E-state index in [2.05, 4.69) is 0 Å². The maximum atomic E-state index is 13.5. The Kier molecular flexibility index (Phi) is 3.71.